The number of guanidine groups is 1. The number of carboxylic acids is 1. The highest BCUT2D eigenvalue weighted by molar-refractivity contribution is 5.91. The summed E-state index contributed by atoms with van der Waals surface area (Å²) >= 11 is 0. The van der Waals surface area contributed by atoms with Gasteiger partial charge in [0.15, 0.2) is 5.96 Å². The summed E-state index contributed by atoms with van der Waals surface area (Å²) in [5, 5.41) is 14.6. The second-order valence-corrected chi connectivity index (χ2v) is 8.19. The first-order chi connectivity index (χ1) is 15.1. The number of carboxylic acid groups (broad SMARTS) is 1. The molecule has 10 heteroatoms. The summed E-state index contributed by atoms with van der Waals surface area (Å²) in [7, 11) is 0. The molecule has 1 rings (SSSR count). The minimum atomic E-state index is -1.12. The molecule has 0 saturated carbocycles. The molecule has 0 bridgehead atoms. The van der Waals surface area contributed by atoms with Crippen LogP contribution in [0.3, 0.4) is 0 Å². The highest BCUT2D eigenvalue weighted by Crippen LogP contribution is 2.08. The normalized spacial score (nSPS) is 13.6. The smallest absolute Gasteiger partial charge is 0.326 e. The molecule has 3 atom stereocenters. The lowest BCUT2D eigenvalue weighted by Gasteiger charge is -2.23. The maximum absolute atomic E-state index is 12.8. The molecular formula is C22H36N6O4. The number of aliphatic imine (C=N–C) groups is 1. The number of amides is 2. The summed E-state index contributed by atoms with van der Waals surface area (Å²) < 4.78 is 0. The van der Waals surface area contributed by atoms with Crippen molar-refractivity contribution in [3.8, 4) is 0 Å². The van der Waals surface area contributed by atoms with Crippen molar-refractivity contribution in [3.05, 3.63) is 35.9 Å². The number of rotatable bonds is 14. The number of nitrogens with one attached hydrogen (secondary N) is 2. The Bertz CT molecular complexity index is 765. The van der Waals surface area contributed by atoms with Gasteiger partial charge < -0.3 is 32.9 Å². The van der Waals surface area contributed by atoms with Gasteiger partial charge in [0, 0.05) is 6.54 Å². The van der Waals surface area contributed by atoms with Crippen LogP contribution in [-0.2, 0) is 20.8 Å². The average Bonchev–Trinajstić information content (AvgIpc) is 2.72. The molecule has 0 aliphatic rings. The van der Waals surface area contributed by atoms with Gasteiger partial charge in [-0.15, -0.1) is 0 Å². The molecule has 0 heterocycles. The topological polar surface area (TPSA) is 186 Å². The Hall–Kier alpha value is -3.14. The van der Waals surface area contributed by atoms with Gasteiger partial charge in [0.05, 0.1) is 6.04 Å². The second kappa shape index (κ2) is 14.0. The Morgan fingerprint density at radius 2 is 1.62 bits per heavy atom. The fraction of sp³-hybridized carbons (Fsp3) is 0.545. The number of unbranched alkanes of at least 4 members (excludes halogenated alkanes) is 1. The van der Waals surface area contributed by atoms with Crippen LogP contribution in [0.1, 0.15) is 45.1 Å². The number of nitrogens with two attached hydrogens (primary N) is 3. The molecule has 9 N–H and O–H groups in total. The van der Waals surface area contributed by atoms with E-state index < -0.39 is 35.9 Å². The Labute approximate surface area is 189 Å². The van der Waals surface area contributed by atoms with Crippen molar-refractivity contribution >= 4 is 23.7 Å². The third-order valence-electron chi connectivity index (χ3n) is 4.79. The summed E-state index contributed by atoms with van der Waals surface area (Å²) in [6.07, 6.45) is 2.03. The first-order valence-electron chi connectivity index (χ1n) is 10.8. The Kier molecular flexibility index (Phi) is 11.8. The summed E-state index contributed by atoms with van der Waals surface area (Å²) in [5.41, 5.74) is 17.5. The van der Waals surface area contributed by atoms with E-state index in [9.17, 15) is 19.5 Å². The van der Waals surface area contributed by atoms with Gasteiger partial charge in [0.1, 0.15) is 12.1 Å². The lowest BCUT2D eigenvalue weighted by molar-refractivity contribution is -0.142. The van der Waals surface area contributed by atoms with E-state index in [1.165, 1.54) is 0 Å². The third kappa shape index (κ3) is 10.8. The largest absolute Gasteiger partial charge is 0.480 e. The van der Waals surface area contributed by atoms with Crippen molar-refractivity contribution < 1.29 is 19.5 Å². The van der Waals surface area contributed by atoms with Crippen molar-refractivity contribution in [2.75, 3.05) is 6.54 Å². The number of carbonyl (C=O) groups is 3. The molecule has 0 aliphatic carbocycles. The van der Waals surface area contributed by atoms with Crippen molar-refractivity contribution in [3.63, 3.8) is 0 Å². The summed E-state index contributed by atoms with van der Waals surface area (Å²) in [6.45, 7) is 4.13. The van der Waals surface area contributed by atoms with Crippen molar-refractivity contribution in [2.45, 2.75) is 64.1 Å². The molecule has 0 spiro atoms. The van der Waals surface area contributed by atoms with Gasteiger partial charge in [0.2, 0.25) is 11.8 Å². The van der Waals surface area contributed by atoms with Gasteiger partial charge in [-0.05, 0) is 43.6 Å². The molecule has 10 nitrogen and oxygen atoms in total. The van der Waals surface area contributed by atoms with E-state index in [1.54, 1.807) is 0 Å². The fourth-order valence-electron chi connectivity index (χ4n) is 3.14. The number of hydrogen-bond donors (Lipinski definition) is 6. The van der Waals surface area contributed by atoms with Crippen LogP contribution in [0.5, 0.6) is 0 Å². The minimum absolute atomic E-state index is 0.0162. The lowest BCUT2D eigenvalue weighted by Crippen LogP contribution is -2.54. The van der Waals surface area contributed by atoms with Crippen LogP contribution in [0.4, 0.5) is 0 Å². The van der Waals surface area contributed by atoms with Crippen molar-refractivity contribution in [1.29, 1.82) is 0 Å². The Morgan fingerprint density at radius 1 is 1.00 bits per heavy atom. The Balaban J connectivity index is 2.80. The van der Waals surface area contributed by atoms with E-state index >= 15 is 0 Å². The molecule has 0 aliphatic heterocycles. The molecule has 1 aromatic rings. The number of hydrogen-bond acceptors (Lipinski definition) is 5. The Morgan fingerprint density at radius 3 is 2.19 bits per heavy atom. The van der Waals surface area contributed by atoms with E-state index in [-0.39, 0.29) is 18.3 Å². The van der Waals surface area contributed by atoms with Gasteiger partial charge in [-0.1, -0.05) is 44.2 Å². The summed E-state index contributed by atoms with van der Waals surface area (Å²) in [5.74, 6) is -2.10. The zero-order valence-corrected chi connectivity index (χ0v) is 18.8. The highest BCUT2D eigenvalue weighted by atomic mass is 16.4. The first-order valence-corrected chi connectivity index (χ1v) is 10.8. The number of carbonyl (C=O) groups excluding carboxylic acids is 2. The van der Waals surface area contributed by atoms with Crippen molar-refractivity contribution in [1.82, 2.24) is 10.6 Å². The van der Waals surface area contributed by atoms with Gasteiger partial charge in [0.25, 0.3) is 0 Å². The SMILES string of the molecule is CC(C)C[C@H](NC(=O)[C@H](CCCCN=C(N)N)NC(=O)[C@@H](N)Cc1ccccc1)C(=O)O. The predicted molar refractivity (Wildman–Crippen MR) is 124 cm³/mol. The maximum Gasteiger partial charge on any atom is 0.326 e. The molecular weight excluding hydrogens is 412 g/mol. The van der Waals surface area contributed by atoms with Gasteiger partial charge >= 0.3 is 5.97 Å². The van der Waals surface area contributed by atoms with E-state index in [1.807, 2.05) is 44.2 Å². The maximum atomic E-state index is 12.8. The van der Waals surface area contributed by atoms with Crippen LogP contribution in [0, 0.1) is 5.92 Å². The van der Waals surface area contributed by atoms with Crippen LogP contribution in [0.2, 0.25) is 0 Å². The van der Waals surface area contributed by atoms with Gasteiger partial charge in [-0.25, -0.2) is 4.79 Å². The molecule has 2 amide bonds. The summed E-state index contributed by atoms with van der Waals surface area (Å²) in [4.78, 5) is 40.9. The van der Waals surface area contributed by atoms with Crippen molar-refractivity contribution in [2.24, 2.45) is 28.1 Å². The second-order valence-electron chi connectivity index (χ2n) is 8.19. The molecule has 1 aromatic carbocycles. The van der Waals surface area contributed by atoms with Crippen LogP contribution < -0.4 is 27.8 Å². The van der Waals surface area contributed by atoms with E-state index in [4.69, 9.17) is 17.2 Å². The quantitative estimate of drug-likeness (QED) is 0.132. The molecule has 178 valence electrons. The highest BCUT2D eigenvalue weighted by Gasteiger charge is 2.28. The molecule has 32 heavy (non-hydrogen) atoms. The molecule has 0 saturated heterocycles. The van der Waals surface area contributed by atoms with Crippen LogP contribution in [-0.4, -0.2) is 53.5 Å². The zero-order valence-electron chi connectivity index (χ0n) is 18.8. The third-order valence-corrected chi connectivity index (χ3v) is 4.79. The lowest BCUT2D eigenvalue weighted by atomic mass is 10.0. The molecule has 0 unspecified atom stereocenters. The predicted octanol–water partition coefficient (Wildman–Crippen LogP) is 0.100. The van der Waals surface area contributed by atoms with Crippen LogP contribution in [0.25, 0.3) is 0 Å². The van der Waals surface area contributed by atoms with Crippen LogP contribution in [0.15, 0.2) is 35.3 Å². The molecule has 0 radical (unpaired) electrons. The standard InChI is InChI=1S/C22H36N6O4/c1-14(2)12-18(21(31)32)28-20(30)17(10-6-7-11-26-22(24)25)27-19(29)16(23)13-15-8-4-3-5-9-15/h3-5,8-9,14,16-18H,6-7,10-13,23H2,1-2H3,(H,27,29)(H,28,30)(H,31,32)(H4,24,25,26)/t16-,17-,18-/m0/s1. The molecule has 0 fully saturated rings. The molecule has 0 aromatic heterocycles. The average molecular weight is 449 g/mol. The van der Waals surface area contributed by atoms with Crippen LogP contribution >= 0.6 is 0 Å². The number of aliphatic carboxylic acids is 1. The van der Waals surface area contributed by atoms with E-state index in [0.29, 0.717) is 32.2 Å². The summed E-state index contributed by atoms with van der Waals surface area (Å²) in [6, 6.07) is 6.50. The minimum Gasteiger partial charge on any atom is -0.480 e. The zero-order chi connectivity index (χ0) is 24.1. The van der Waals surface area contributed by atoms with Gasteiger partial charge in [-0.3, -0.25) is 14.6 Å². The fourth-order valence-corrected chi connectivity index (χ4v) is 3.14. The monoisotopic (exact) mass is 448 g/mol. The number of benzene rings is 1. The van der Waals surface area contributed by atoms with E-state index in [2.05, 4.69) is 15.6 Å². The van der Waals surface area contributed by atoms with E-state index in [0.717, 1.165) is 5.56 Å². The first kappa shape index (κ1) is 26.9. The van der Waals surface area contributed by atoms with Gasteiger partial charge in [-0.2, -0.15) is 0 Å². The number of nitrogens with zero attached hydrogens (tertiary/aromatic N) is 1.